The van der Waals surface area contributed by atoms with Crippen LogP contribution in [0.5, 0.6) is 0 Å². The molecular formula is C14H18ClN3O3. The Balaban J connectivity index is 0.00000161. The number of furan rings is 1. The Morgan fingerprint density at radius 2 is 2.33 bits per heavy atom. The summed E-state index contributed by atoms with van der Waals surface area (Å²) >= 11 is 0. The first-order valence-corrected chi connectivity index (χ1v) is 6.61. The smallest absolute Gasteiger partial charge is 0.276 e. The number of aromatic nitrogens is 1. The van der Waals surface area contributed by atoms with Gasteiger partial charge in [-0.25, -0.2) is 0 Å². The Morgan fingerprint density at radius 3 is 2.95 bits per heavy atom. The third-order valence-corrected chi connectivity index (χ3v) is 3.83. The molecule has 0 radical (unpaired) electrons. The predicted octanol–water partition coefficient (Wildman–Crippen LogP) is 2.17. The van der Waals surface area contributed by atoms with Crippen molar-refractivity contribution in [3.63, 3.8) is 0 Å². The first kappa shape index (κ1) is 15.6. The van der Waals surface area contributed by atoms with Crippen molar-refractivity contribution in [2.45, 2.75) is 13.3 Å². The fraction of sp³-hybridized carbons (Fsp3) is 0.429. The second kappa shape index (κ2) is 5.91. The SMILES string of the molecule is CC1(CN)CCN(C(=O)c2cc(-c3ccco3)on2)C1.Cl. The molecule has 1 aliphatic rings. The van der Waals surface area contributed by atoms with Gasteiger partial charge in [0.1, 0.15) is 0 Å². The van der Waals surface area contributed by atoms with E-state index in [1.54, 1.807) is 29.4 Å². The molecule has 3 heterocycles. The molecule has 0 aliphatic carbocycles. The molecule has 2 aromatic rings. The van der Waals surface area contributed by atoms with Gasteiger partial charge in [-0.2, -0.15) is 0 Å². The molecule has 1 atom stereocenters. The minimum atomic E-state index is -0.122. The van der Waals surface area contributed by atoms with Crippen molar-refractivity contribution in [3.8, 4) is 11.5 Å². The summed E-state index contributed by atoms with van der Waals surface area (Å²) in [6.07, 6.45) is 2.46. The highest BCUT2D eigenvalue weighted by Gasteiger charge is 2.36. The lowest BCUT2D eigenvalue weighted by Gasteiger charge is -2.21. The fourth-order valence-corrected chi connectivity index (χ4v) is 2.44. The largest absolute Gasteiger partial charge is 0.461 e. The van der Waals surface area contributed by atoms with Crippen LogP contribution >= 0.6 is 12.4 Å². The van der Waals surface area contributed by atoms with E-state index in [0.29, 0.717) is 36.8 Å². The van der Waals surface area contributed by atoms with Gasteiger partial charge >= 0.3 is 0 Å². The van der Waals surface area contributed by atoms with E-state index in [9.17, 15) is 4.79 Å². The number of hydrogen-bond acceptors (Lipinski definition) is 5. The third kappa shape index (κ3) is 2.96. The maximum absolute atomic E-state index is 12.4. The first-order chi connectivity index (χ1) is 9.61. The minimum absolute atomic E-state index is 0. The van der Waals surface area contributed by atoms with E-state index in [0.717, 1.165) is 6.42 Å². The monoisotopic (exact) mass is 311 g/mol. The van der Waals surface area contributed by atoms with Crippen molar-refractivity contribution < 1.29 is 13.7 Å². The minimum Gasteiger partial charge on any atom is -0.461 e. The molecule has 114 valence electrons. The highest BCUT2D eigenvalue weighted by atomic mass is 35.5. The van der Waals surface area contributed by atoms with Gasteiger partial charge in [0.05, 0.1) is 6.26 Å². The number of carbonyl (C=O) groups is 1. The summed E-state index contributed by atoms with van der Waals surface area (Å²) < 4.78 is 10.4. The molecular weight excluding hydrogens is 294 g/mol. The van der Waals surface area contributed by atoms with Gasteiger partial charge in [-0.3, -0.25) is 4.79 Å². The van der Waals surface area contributed by atoms with Crippen molar-refractivity contribution in [1.29, 1.82) is 0 Å². The normalized spacial score (nSPS) is 21.3. The molecule has 1 aliphatic heterocycles. The number of carbonyl (C=O) groups excluding carboxylic acids is 1. The third-order valence-electron chi connectivity index (χ3n) is 3.83. The molecule has 1 unspecified atom stereocenters. The summed E-state index contributed by atoms with van der Waals surface area (Å²) in [7, 11) is 0. The van der Waals surface area contributed by atoms with Crippen LogP contribution in [-0.4, -0.2) is 35.6 Å². The van der Waals surface area contributed by atoms with Gasteiger partial charge in [-0.15, -0.1) is 12.4 Å². The summed E-state index contributed by atoms with van der Waals surface area (Å²) in [5.74, 6) is 0.896. The number of amides is 1. The van der Waals surface area contributed by atoms with E-state index >= 15 is 0 Å². The lowest BCUT2D eigenvalue weighted by Crippen LogP contribution is -2.34. The number of likely N-dealkylation sites (tertiary alicyclic amines) is 1. The van der Waals surface area contributed by atoms with E-state index in [1.807, 2.05) is 0 Å². The number of halogens is 1. The number of hydrogen-bond donors (Lipinski definition) is 1. The van der Waals surface area contributed by atoms with Crippen molar-refractivity contribution in [2.75, 3.05) is 19.6 Å². The fourth-order valence-electron chi connectivity index (χ4n) is 2.44. The number of nitrogens with two attached hydrogens (primary N) is 1. The second-order valence-corrected chi connectivity index (χ2v) is 5.55. The van der Waals surface area contributed by atoms with Crippen molar-refractivity contribution in [1.82, 2.24) is 10.1 Å². The molecule has 0 aromatic carbocycles. The molecule has 0 bridgehead atoms. The molecule has 2 aromatic heterocycles. The lowest BCUT2D eigenvalue weighted by molar-refractivity contribution is 0.0766. The maximum atomic E-state index is 12.4. The number of rotatable bonds is 3. The van der Waals surface area contributed by atoms with Crippen LogP contribution in [0, 0.1) is 5.41 Å². The highest BCUT2D eigenvalue weighted by molar-refractivity contribution is 5.93. The quantitative estimate of drug-likeness (QED) is 0.939. The zero-order valence-corrected chi connectivity index (χ0v) is 12.6. The topological polar surface area (TPSA) is 85.5 Å². The molecule has 1 fully saturated rings. The van der Waals surface area contributed by atoms with Gasteiger partial charge < -0.3 is 19.6 Å². The van der Waals surface area contributed by atoms with Crippen LogP contribution in [0.2, 0.25) is 0 Å². The van der Waals surface area contributed by atoms with E-state index in [1.165, 1.54) is 0 Å². The van der Waals surface area contributed by atoms with Gasteiger partial charge in [-0.1, -0.05) is 12.1 Å². The van der Waals surface area contributed by atoms with Crippen LogP contribution in [0.25, 0.3) is 11.5 Å². The first-order valence-electron chi connectivity index (χ1n) is 6.61. The Hall–Kier alpha value is -1.79. The van der Waals surface area contributed by atoms with Crippen molar-refractivity contribution in [2.24, 2.45) is 11.1 Å². The Kier molecular flexibility index (Phi) is 4.39. The second-order valence-electron chi connectivity index (χ2n) is 5.55. The molecule has 2 N–H and O–H groups in total. The van der Waals surface area contributed by atoms with E-state index < -0.39 is 0 Å². The Bertz CT molecular complexity index is 611. The van der Waals surface area contributed by atoms with Crippen LogP contribution in [-0.2, 0) is 0 Å². The average Bonchev–Trinajstić information content (AvgIpc) is 3.18. The Morgan fingerprint density at radius 1 is 1.52 bits per heavy atom. The summed E-state index contributed by atoms with van der Waals surface area (Å²) in [5, 5.41) is 3.83. The lowest BCUT2D eigenvalue weighted by atomic mass is 9.90. The highest BCUT2D eigenvalue weighted by Crippen LogP contribution is 2.30. The zero-order chi connectivity index (χ0) is 14.2. The van der Waals surface area contributed by atoms with Gasteiger partial charge in [0.25, 0.3) is 5.91 Å². The predicted molar refractivity (Wildman–Crippen MR) is 79.1 cm³/mol. The molecule has 1 amide bonds. The van der Waals surface area contributed by atoms with Gasteiger partial charge in [0, 0.05) is 19.2 Å². The number of nitrogens with zero attached hydrogens (tertiary/aromatic N) is 2. The van der Waals surface area contributed by atoms with Crippen LogP contribution < -0.4 is 5.73 Å². The van der Waals surface area contributed by atoms with Crippen LogP contribution in [0.3, 0.4) is 0 Å². The zero-order valence-electron chi connectivity index (χ0n) is 11.7. The molecule has 3 rings (SSSR count). The van der Waals surface area contributed by atoms with Crippen molar-refractivity contribution >= 4 is 18.3 Å². The summed E-state index contributed by atoms with van der Waals surface area (Å²) in [5.41, 5.74) is 6.06. The molecule has 7 heteroatoms. The summed E-state index contributed by atoms with van der Waals surface area (Å²) in [6, 6.07) is 5.13. The maximum Gasteiger partial charge on any atom is 0.276 e. The summed E-state index contributed by atoms with van der Waals surface area (Å²) in [4.78, 5) is 14.1. The van der Waals surface area contributed by atoms with Crippen LogP contribution in [0.4, 0.5) is 0 Å². The van der Waals surface area contributed by atoms with Crippen LogP contribution in [0.15, 0.2) is 33.4 Å². The van der Waals surface area contributed by atoms with Gasteiger partial charge in [0.15, 0.2) is 11.5 Å². The van der Waals surface area contributed by atoms with E-state index in [2.05, 4.69) is 12.1 Å². The van der Waals surface area contributed by atoms with Crippen molar-refractivity contribution in [3.05, 3.63) is 30.2 Å². The molecule has 21 heavy (non-hydrogen) atoms. The van der Waals surface area contributed by atoms with Crippen LogP contribution in [0.1, 0.15) is 23.8 Å². The standard InChI is InChI=1S/C14H17N3O3.ClH/c1-14(8-15)4-5-17(9-14)13(18)10-7-12(20-16-10)11-3-2-6-19-11;/h2-3,6-7H,4-5,8-9,15H2,1H3;1H. The van der Waals surface area contributed by atoms with Gasteiger partial charge in [-0.05, 0) is 30.5 Å². The van der Waals surface area contributed by atoms with E-state index in [-0.39, 0.29) is 23.7 Å². The summed E-state index contributed by atoms with van der Waals surface area (Å²) in [6.45, 7) is 4.03. The molecule has 1 saturated heterocycles. The average molecular weight is 312 g/mol. The Labute approximate surface area is 128 Å². The molecule has 0 spiro atoms. The molecule has 6 nitrogen and oxygen atoms in total. The molecule has 0 saturated carbocycles. The van der Waals surface area contributed by atoms with E-state index in [4.69, 9.17) is 14.7 Å². The van der Waals surface area contributed by atoms with Gasteiger partial charge in [0.2, 0.25) is 5.76 Å².